The number of nitrogens with one attached hydrogen (secondary N) is 1. The van der Waals surface area contributed by atoms with Gasteiger partial charge in [-0.05, 0) is 6.07 Å². The number of nitrogen functional groups attached to an aromatic ring is 1. The second-order valence-corrected chi connectivity index (χ2v) is 3.26. The Kier molecular flexibility index (Phi) is 5.50. The topological polar surface area (TPSA) is 72.0 Å². The lowest BCUT2D eigenvalue weighted by atomic mass is 10.2. The largest absolute Gasteiger partial charge is 0.467 e. The first kappa shape index (κ1) is 15.8. The van der Waals surface area contributed by atoms with E-state index in [2.05, 4.69) is 9.72 Å². The summed E-state index contributed by atoms with van der Waals surface area (Å²) in [5.74, 6) is -0.832. The van der Waals surface area contributed by atoms with Crippen LogP contribution in [0.2, 0.25) is 5.02 Å². The molecule has 1 aromatic heterocycles. The smallest absolute Gasteiger partial charge is 0.422 e. The van der Waals surface area contributed by atoms with Crippen molar-refractivity contribution in [3.8, 4) is 5.88 Å². The van der Waals surface area contributed by atoms with Gasteiger partial charge in [-0.3, -0.25) is 5.41 Å². The zero-order valence-corrected chi connectivity index (χ0v) is 9.79. The van der Waals surface area contributed by atoms with E-state index in [4.69, 9.17) is 22.7 Å². The molecule has 0 saturated heterocycles. The molecule has 96 valence electrons. The van der Waals surface area contributed by atoms with Gasteiger partial charge in [-0.2, -0.15) is 13.2 Å². The van der Waals surface area contributed by atoms with Crippen LogP contribution in [0, 0.1) is 5.41 Å². The van der Waals surface area contributed by atoms with Crippen molar-refractivity contribution in [2.24, 2.45) is 5.73 Å². The Balaban J connectivity index is 0.00000256. The quantitative estimate of drug-likeness (QED) is 0.663. The van der Waals surface area contributed by atoms with E-state index in [9.17, 15) is 13.2 Å². The molecule has 1 rings (SSSR count). The second kappa shape index (κ2) is 5.92. The Morgan fingerprint density at radius 2 is 2.12 bits per heavy atom. The van der Waals surface area contributed by atoms with Crippen molar-refractivity contribution < 1.29 is 17.9 Å². The third-order valence-corrected chi connectivity index (χ3v) is 1.69. The van der Waals surface area contributed by atoms with Gasteiger partial charge in [0.05, 0.1) is 10.6 Å². The van der Waals surface area contributed by atoms with Crippen molar-refractivity contribution in [1.82, 2.24) is 4.98 Å². The maximum Gasteiger partial charge on any atom is 0.422 e. The predicted molar refractivity (Wildman–Crippen MR) is 59.1 cm³/mol. The summed E-state index contributed by atoms with van der Waals surface area (Å²) >= 11 is 5.56. The minimum Gasteiger partial charge on any atom is -0.467 e. The van der Waals surface area contributed by atoms with E-state index in [0.29, 0.717) is 0 Å². The molecule has 0 amide bonds. The van der Waals surface area contributed by atoms with Crippen molar-refractivity contribution >= 4 is 29.8 Å². The van der Waals surface area contributed by atoms with E-state index in [1.807, 2.05) is 0 Å². The van der Waals surface area contributed by atoms with Crippen LogP contribution >= 0.6 is 24.0 Å². The number of halogens is 5. The average Bonchev–Trinajstić information content (AvgIpc) is 2.14. The van der Waals surface area contributed by atoms with E-state index < -0.39 is 18.6 Å². The van der Waals surface area contributed by atoms with Gasteiger partial charge in [0.1, 0.15) is 5.84 Å². The van der Waals surface area contributed by atoms with Crippen LogP contribution in [0.3, 0.4) is 0 Å². The fraction of sp³-hybridized carbons (Fsp3) is 0.250. The van der Waals surface area contributed by atoms with Gasteiger partial charge in [0.15, 0.2) is 6.61 Å². The number of hydrogen-bond acceptors (Lipinski definition) is 3. The summed E-state index contributed by atoms with van der Waals surface area (Å²) in [7, 11) is 0. The third-order valence-electron chi connectivity index (χ3n) is 1.48. The second-order valence-electron chi connectivity index (χ2n) is 2.82. The Bertz CT molecular complexity index is 411. The highest BCUT2D eigenvalue weighted by atomic mass is 35.5. The molecular formula is C8H8Cl2F3N3O. The maximum atomic E-state index is 11.9. The van der Waals surface area contributed by atoms with Gasteiger partial charge < -0.3 is 10.5 Å². The minimum atomic E-state index is -4.48. The molecule has 0 bridgehead atoms. The molecule has 0 unspecified atom stereocenters. The van der Waals surface area contributed by atoms with Crippen LogP contribution in [0.15, 0.2) is 12.3 Å². The minimum absolute atomic E-state index is 0. The maximum absolute atomic E-state index is 11.9. The molecule has 0 spiro atoms. The van der Waals surface area contributed by atoms with Crippen molar-refractivity contribution in [2.45, 2.75) is 6.18 Å². The van der Waals surface area contributed by atoms with Gasteiger partial charge in [-0.15, -0.1) is 12.4 Å². The van der Waals surface area contributed by atoms with Crippen LogP contribution in [0.25, 0.3) is 0 Å². The molecule has 4 nitrogen and oxygen atoms in total. The van der Waals surface area contributed by atoms with Crippen molar-refractivity contribution in [3.05, 3.63) is 22.8 Å². The number of rotatable bonds is 3. The first-order valence-corrected chi connectivity index (χ1v) is 4.37. The SMILES string of the molecule is Cl.N=C(N)c1cc(Cl)cnc1OCC(F)(F)F. The van der Waals surface area contributed by atoms with Crippen LogP contribution in [0.1, 0.15) is 5.56 Å². The molecule has 0 radical (unpaired) electrons. The molecule has 1 aromatic rings. The summed E-state index contributed by atoms with van der Waals surface area (Å²) in [5, 5.41) is 7.28. The fourth-order valence-electron chi connectivity index (χ4n) is 0.885. The van der Waals surface area contributed by atoms with Gasteiger partial charge >= 0.3 is 6.18 Å². The van der Waals surface area contributed by atoms with E-state index >= 15 is 0 Å². The number of alkyl halides is 3. The lowest BCUT2D eigenvalue weighted by molar-refractivity contribution is -0.154. The van der Waals surface area contributed by atoms with Crippen molar-refractivity contribution in [3.63, 3.8) is 0 Å². The Hall–Kier alpha value is -1.21. The molecule has 0 aliphatic heterocycles. The fourth-order valence-corrected chi connectivity index (χ4v) is 1.04. The summed E-state index contributed by atoms with van der Waals surface area (Å²) in [6.07, 6.45) is -3.37. The van der Waals surface area contributed by atoms with Crippen LogP contribution in [-0.4, -0.2) is 23.6 Å². The molecule has 1 heterocycles. The number of amidine groups is 1. The monoisotopic (exact) mass is 289 g/mol. The van der Waals surface area contributed by atoms with E-state index in [-0.39, 0.29) is 28.9 Å². The van der Waals surface area contributed by atoms with E-state index in [0.717, 1.165) is 6.20 Å². The lowest BCUT2D eigenvalue weighted by Gasteiger charge is -2.11. The normalized spacial score (nSPS) is 10.6. The van der Waals surface area contributed by atoms with Crippen molar-refractivity contribution in [2.75, 3.05) is 6.61 Å². The summed E-state index contributed by atoms with van der Waals surface area (Å²) in [5.41, 5.74) is 5.07. The molecular weight excluding hydrogens is 282 g/mol. The number of ether oxygens (including phenoxy) is 1. The summed E-state index contributed by atoms with van der Waals surface area (Å²) in [6, 6.07) is 1.21. The van der Waals surface area contributed by atoms with Crippen LogP contribution < -0.4 is 10.5 Å². The number of pyridine rings is 1. The molecule has 3 N–H and O–H groups in total. The lowest BCUT2D eigenvalue weighted by Crippen LogP contribution is -2.22. The van der Waals surface area contributed by atoms with Crippen LogP contribution in [0.4, 0.5) is 13.2 Å². The van der Waals surface area contributed by atoms with Crippen molar-refractivity contribution in [1.29, 1.82) is 5.41 Å². The molecule has 0 aliphatic rings. The number of nitrogens with zero attached hydrogens (tertiary/aromatic N) is 1. The number of nitrogens with two attached hydrogens (primary N) is 1. The Morgan fingerprint density at radius 1 is 1.53 bits per heavy atom. The zero-order valence-electron chi connectivity index (χ0n) is 8.21. The van der Waals surface area contributed by atoms with Gasteiger partial charge in [-0.1, -0.05) is 11.6 Å². The summed E-state index contributed by atoms with van der Waals surface area (Å²) in [4.78, 5) is 3.53. The number of aromatic nitrogens is 1. The van der Waals surface area contributed by atoms with Gasteiger partial charge in [0, 0.05) is 6.20 Å². The molecule has 0 aromatic carbocycles. The highest BCUT2D eigenvalue weighted by Crippen LogP contribution is 2.22. The average molecular weight is 290 g/mol. The third kappa shape index (κ3) is 5.10. The molecule has 0 aliphatic carbocycles. The Labute approximate surface area is 106 Å². The predicted octanol–water partition coefficient (Wildman–Crippen LogP) is 2.38. The first-order chi connectivity index (χ1) is 7.29. The molecule has 9 heteroatoms. The highest BCUT2D eigenvalue weighted by Gasteiger charge is 2.29. The summed E-state index contributed by atoms with van der Waals surface area (Å²) in [6.45, 7) is -1.50. The molecule has 0 fully saturated rings. The number of hydrogen-bond donors (Lipinski definition) is 2. The van der Waals surface area contributed by atoms with Gasteiger partial charge in [-0.25, -0.2) is 4.98 Å². The van der Waals surface area contributed by atoms with E-state index in [1.165, 1.54) is 6.07 Å². The van der Waals surface area contributed by atoms with Gasteiger partial charge in [0.25, 0.3) is 0 Å². The first-order valence-electron chi connectivity index (χ1n) is 3.99. The van der Waals surface area contributed by atoms with Crippen LogP contribution in [0.5, 0.6) is 5.88 Å². The standard InChI is InChI=1S/C8H7ClF3N3O.ClH/c9-4-1-5(6(13)14)7(15-2-4)16-3-8(10,11)12;/h1-2H,3H2,(H3,13,14);1H. The molecule has 17 heavy (non-hydrogen) atoms. The highest BCUT2D eigenvalue weighted by molar-refractivity contribution is 6.30. The Morgan fingerprint density at radius 3 is 2.59 bits per heavy atom. The zero-order chi connectivity index (χ0) is 12.3. The van der Waals surface area contributed by atoms with E-state index in [1.54, 1.807) is 0 Å². The van der Waals surface area contributed by atoms with Crippen LogP contribution in [-0.2, 0) is 0 Å². The van der Waals surface area contributed by atoms with Gasteiger partial charge in [0.2, 0.25) is 5.88 Å². The molecule has 0 saturated carbocycles. The summed E-state index contributed by atoms with van der Waals surface area (Å²) < 4.78 is 40.1. The molecule has 0 atom stereocenters.